The summed E-state index contributed by atoms with van der Waals surface area (Å²) < 4.78 is 0. The number of rotatable bonds is 0. The van der Waals surface area contributed by atoms with E-state index in [9.17, 15) is 0 Å². The standard InChI is InChI=1S/C4H10O.Al.Na.H2O.4H/c1-4(2,3)5;;;;;;;/h5H,1-3H3;;;1H2;;;;/q;;+1;;;;;-1. The Morgan fingerprint density at radius 2 is 1.25 bits per heavy atom. The van der Waals surface area contributed by atoms with Gasteiger partial charge in [-0.25, -0.2) is 0 Å². The van der Waals surface area contributed by atoms with Crippen LogP contribution in [0.15, 0.2) is 0 Å². The summed E-state index contributed by atoms with van der Waals surface area (Å²) in [5.41, 5.74) is -0.500. The van der Waals surface area contributed by atoms with Gasteiger partial charge in [-0.3, -0.25) is 0 Å². The summed E-state index contributed by atoms with van der Waals surface area (Å²) in [6.45, 7) is 5.23. The maximum Gasteiger partial charge on any atom is 1.00 e. The van der Waals surface area contributed by atoms with Crippen molar-refractivity contribution in [1.29, 1.82) is 0 Å². The van der Waals surface area contributed by atoms with Crippen molar-refractivity contribution >= 4 is 17.4 Å². The molecule has 0 fully saturated rings. The summed E-state index contributed by atoms with van der Waals surface area (Å²) in [7, 11) is 0. The SMILES string of the molecule is CC(C)(C)O.O.[AlH3].[H-].[Na+]. The average Bonchev–Trinajstić information content (AvgIpc) is 0.722. The minimum Gasteiger partial charge on any atom is -1.00 e. The maximum atomic E-state index is 8.52. The van der Waals surface area contributed by atoms with Gasteiger partial charge in [-0.1, -0.05) is 0 Å². The Morgan fingerprint density at radius 3 is 1.25 bits per heavy atom. The number of aliphatic hydroxyl groups is 1. The third kappa shape index (κ3) is 147. The molecule has 3 N–H and O–H groups in total. The van der Waals surface area contributed by atoms with Gasteiger partial charge in [0.05, 0.1) is 5.60 Å². The Balaban J connectivity index is -0.0000000133. The summed E-state index contributed by atoms with van der Waals surface area (Å²) in [6.07, 6.45) is 0. The predicted molar refractivity (Wildman–Crippen MR) is 36.6 cm³/mol. The van der Waals surface area contributed by atoms with E-state index in [-0.39, 0.29) is 53.8 Å². The van der Waals surface area contributed by atoms with E-state index >= 15 is 0 Å². The van der Waals surface area contributed by atoms with Crippen molar-refractivity contribution in [3.05, 3.63) is 0 Å². The molecule has 0 aliphatic carbocycles. The Hall–Kier alpha value is 1.45. The summed E-state index contributed by atoms with van der Waals surface area (Å²) in [5, 5.41) is 8.52. The molecular weight excluding hydrogens is 130 g/mol. The van der Waals surface area contributed by atoms with E-state index in [1.165, 1.54) is 0 Å². The van der Waals surface area contributed by atoms with Gasteiger partial charge in [0.1, 0.15) is 0 Å². The van der Waals surface area contributed by atoms with Crippen LogP contribution in [0.2, 0.25) is 0 Å². The van der Waals surface area contributed by atoms with Gasteiger partial charge < -0.3 is 12.0 Å². The van der Waals surface area contributed by atoms with Crippen LogP contribution in [0, 0.1) is 0 Å². The molecule has 2 nitrogen and oxygen atoms in total. The molecule has 0 aliphatic heterocycles. The second-order valence-electron chi connectivity index (χ2n) is 2.17. The fourth-order valence-corrected chi connectivity index (χ4v) is 0. The molecule has 8 heavy (non-hydrogen) atoms. The van der Waals surface area contributed by atoms with Crippen LogP contribution in [0.1, 0.15) is 22.2 Å². The molecule has 48 valence electrons. The molecular formula is C4H16AlNaO2. The van der Waals surface area contributed by atoms with Crippen molar-refractivity contribution < 1.29 is 41.6 Å². The van der Waals surface area contributed by atoms with E-state index in [1.807, 2.05) is 0 Å². The number of hydrogen-bond acceptors (Lipinski definition) is 1. The van der Waals surface area contributed by atoms with Crippen molar-refractivity contribution in [1.82, 2.24) is 0 Å². The average molecular weight is 146 g/mol. The van der Waals surface area contributed by atoms with Gasteiger partial charge in [0.15, 0.2) is 17.4 Å². The fraction of sp³-hybridized carbons (Fsp3) is 1.00. The van der Waals surface area contributed by atoms with Crippen LogP contribution in [-0.2, 0) is 0 Å². The van der Waals surface area contributed by atoms with Crippen molar-refractivity contribution in [2.45, 2.75) is 26.4 Å². The van der Waals surface area contributed by atoms with Crippen molar-refractivity contribution in [3.63, 3.8) is 0 Å². The van der Waals surface area contributed by atoms with Crippen molar-refractivity contribution in [2.24, 2.45) is 0 Å². The third-order valence-corrected chi connectivity index (χ3v) is 0. The van der Waals surface area contributed by atoms with Crippen LogP contribution in [-0.4, -0.2) is 33.5 Å². The van der Waals surface area contributed by atoms with Gasteiger partial charge in [0.25, 0.3) is 0 Å². The Kier molecular flexibility index (Phi) is 24.0. The molecule has 0 radical (unpaired) electrons. The summed E-state index contributed by atoms with van der Waals surface area (Å²) in [4.78, 5) is 0. The Bertz CT molecular complexity index is 34.0. The topological polar surface area (TPSA) is 51.7 Å². The molecule has 0 heterocycles. The molecule has 0 rings (SSSR count). The van der Waals surface area contributed by atoms with E-state index in [0.717, 1.165) is 0 Å². The molecule has 0 atom stereocenters. The van der Waals surface area contributed by atoms with Crippen LogP contribution in [0.3, 0.4) is 0 Å². The minimum absolute atomic E-state index is 0. The first-order valence-electron chi connectivity index (χ1n) is 1.72. The molecule has 0 spiro atoms. The van der Waals surface area contributed by atoms with Crippen molar-refractivity contribution in [2.75, 3.05) is 0 Å². The molecule has 0 aromatic rings. The predicted octanol–water partition coefficient (Wildman–Crippen LogP) is -4.11. The van der Waals surface area contributed by atoms with E-state index in [4.69, 9.17) is 5.11 Å². The van der Waals surface area contributed by atoms with Crippen LogP contribution < -0.4 is 29.6 Å². The molecule has 0 aromatic heterocycles. The zero-order chi connectivity index (χ0) is 4.50. The molecule has 0 saturated heterocycles. The van der Waals surface area contributed by atoms with Gasteiger partial charge in [-0.2, -0.15) is 0 Å². The first-order chi connectivity index (χ1) is 2.00. The molecule has 0 aromatic carbocycles. The zero-order valence-corrected chi connectivity index (χ0v) is 7.45. The van der Waals surface area contributed by atoms with Gasteiger partial charge in [-0.05, 0) is 20.8 Å². The molecule has 0 aliphatic rings. The van der Waals surface area contributed by atoms with Crippen molar-refractivity contribution in [3.8, 4) is 0 Å². The first-order valence-corrected chi connectivity index (χ1v) is 1.72. The van der Waals surface area contributed by atoms with Crippen LogP contribution in [0.5, 0.6) is 0 Å². The quantitative estimate of drug-likeness (QED) is 0.347. The van der Waals surface area contributed by atoms with Gasteiger partial charge in [0, 0.05) is 0 Å². The Labute approximate surface area is 84.9 Å². The van der Waals surface area contributed by atoms with E-state index in [2.05, 4.69) is 0 Å². The normalized spacial score (nSPS) is 7.50. The van der Waals surface area contributed by atoms with E-state index in [1.54, 1.807) is 20.8 Å². The van der Waals surface area contributed by atoms with Crippen LogP contribution in [0.25, 0.3) is 0 Å². The van der Waals surface area contributed by atoms with E-state index in [0.29, 0.717) is 0 Å². The molecule has 0 unspecified atom stereocenters. The largest absolute Gasteiger partial charge is 1.00 e. The molecule has 0 saturated carbocycles. The van der Waals surface area contributed by atoms with Gasteiger partial charge in [-0.15, -0.1) is 0 Å². The maximum absolute atomic E-state index is 8.52. The third-order valence-electron chi connectivity index (χ3n) is 0. The summed E-state index contributed by atoms with van der Waals surface area (Å²) >= 11 is 0. The first kappa shape index (κ1) is 22.7. The van der Waals surface area contributed by atoms with Gasteiger partial charge in [0.2, 0.25) is 0 Å². The van der Waals surface area contributed by atoms with E-state index < -0.39 is 5.60 Å². The summed E-state index contributed by atoms with van der Waals surface area (Å²) in [6, 6.07) is 0. The second-order valence-corrected chi connectivity index (χ2v) is 2.17. The molecule has 0 bridgehead atoms. The molecule has 4 heteroatoms. The number of hydrogen-bond donors (Lipinski definition) is 1. The van der Waals surface area contributed by atoms with Gasteiger partial charge >= 0.3 is 29.6 Å². The Morgan fingerprint density at radius 1 is 1.25 bits per heavy atom. The fourth-order valence-electron chi connectivity index (χ4n) is 0. The van der Waals surface area contributed by atoms with Crippen LogP contribution in [0.4, 0.5) is 0 Å². The minimum atomic E-state index is -0.500. The smallest absolute Gasteiger partial charge is 1.00 e. The van der Waals surface area contributed by atoms with Crippen LogP contribution >= 0.6 is 0 Å². The monoisotopic (exact) mass is 146 g/mol. The molecule has 0 amide bonds. The second kappa shape index (κ2) is 8.45. The zero-order valence-electron chi connectivity index (χ0n) is 6.45. The summed E-state index contributed by atoms with van der Waals surface area (Å²) in [5.74, 6) is 0.